The Labute approximate surface area is 197 Å². The molecule has 4 aromatic heterocycles. The highest BCUT2D eigenvalue weighted by Gasteiger charge is 2.18. The van der Waals surface area contributed by atoms with Gasteiger partial charge in [0.15, 0.2) is 23.1 Å². The number of anilines is 2. The molecule has 174 valence electrons. The second-order valence-corrected chi connectivity index (χ2v) is 7.57. The van der Waals surface area contributed by atoms with Crippen molar-refractivity contribution in [3.05, 3.63) is 71.9 Å². The van der Waals surface area contributed by atoms with Crippen molar-refractivity contribution in [1.29, 1.82) is 5.26 Å². The zero-order chi connectivity index (χ0) is 24.5. The van der Waals surface area contributed by atoms with Crippen LogP contribution < -0.4 is 10.1 Å². The number of ether oxygens (including phenoxy) is 1. The van der Waals surface area contributed by atoms with E-state index in [1.807, 2.05) is 43.3 Å². The molecular weight excluding hydrogens is 456 g/mol. The molecule has 0 aliphatic rings. The molecular formula is C23H17F2N9O. The Bertz CT molecular complexity index is 1570. The molecule has 12 heteroatoms. The third-order valence-corrected chi connectivity index (χ3v) is 5.11. The number of benzene rings is 1. The van der Waals surface area contributed by atoms with Crippen molar-refractivity contribution in [3.8, 4) is 23.5 Å². The van der Waals surface area contributed by atoms with E-state index in [0.717, 1.165) is 11.4 Å². The monoisotopic (exact) mass is 473 g/mol. The van der Waals surface area contributed by atoms with Crippen LogP contribution in [0.15, 0.2) is 54.9 Å². The lowest BCUT2D eigenvalue weighted by Gasteiger charge is -2.13. The van der Waals surface area contributed by atoms with Gasteiger partial charge in [0, 0.05) is 11.4 Å². The summed E-state index contributed by atoms with van der Waals surface area (Å²) in [4.78, 5) is 8.95. The van der Waals surface area contributed by atoms with Gasteiger partial charge < -0.3 is 10.1 Å². The average molecular weight is 473 g/mol. The molecule has 10 nitrogen and oxygen atoms in total. The number of imidazole rings is 1. The molecule has 0 unspecified atom stereocenters. The minimum atomic E-state index is -3.06. The van der Waals surface area contributed by atoms with Gasteiger partial charge in [0.1, 0.15) is 18.2 Å². The Balaban J connectivity index is 1.59. The van der Waals surface area contributed by atoms with Crippen molar-refractivity contribution in [2.75, 3.05) is 5.32 Å². The fraction of sp³-hybridized carbons (Fsp3) is 0.130. The maximum Gasteiger partial charge on any atom is 0.387 e. The average Bonchev–Trinajstić information content (AvgIpc) is 3.43. The Kier molecular flexibility index (Phi) is 5.50. The number of hydrogen-bond acceptors (Lipinski definition) is 8. The summed E-state index contributed by atoms with van der Waals surface area (Å²) >= 11 is 0. The SMILES string of the molecule is Cc1ccc(Nc2ccc3ncn(-c4ccc(OC(F)F)c(-n5nc(C#N)cc5C)n4)c3c2)nn1. The number of aromatic nitrogens is 7. The van der Waals surface area contributed by atoms with Crippen LogP contribution in [-0.2, 0) is 0 Å². The van der Waals surface area contributed by atoms with Crippen molar-refractivity contribution in [2.24, 2.45) is 0 Å². The quantitative estimate of drug-likeness (QED) is 0.389. The van der Waals surface area contributed by atoms with Crippen LogP contribution in [0.2, 0.25) is 0 Å². The van der Waals surface area contributed by atoms with E-state index in [4.69, 9.17) is 0 Å². The molecule has 5 rings (SSSR count). The molecule has 0 bridgehead atoms. The highest BCUT2D eigenvalue weighted by Crippen LogP contribution is 2.28. The summed E-state index contributed by atoms with van der Waals surface area (Å²) in [5.41, 5.74) is 3.62. The van der Waals surface area contributed by atoms with Crippen LogP contribution in [0.5, 0.6) is 5.75 Å². The first-order chi connectivity index (χ1) is 16.9. The second kappa shape index (κ2) is 8.79. The largest absolute Gasteiger partial charge is 0.431 e. The van der Waals surface area contributed by atoms with Crippen molar-refractivity contribution >= 4 is 22.5 Å². The minimum Gasteiger partial charge on any atom is -0.431 e. The van der Waals surface area contributed by atoms with Crippen LogP contribution in [0, 0.1) is 25.2 Å². The van der Waals surface area contributed by atoms with Crippen molar-refractivity contribution in [3.63, 3.8) is 0 Å². The number of fused-ring (bicyclic) bond motifs is 1. The second-order valence-electron chi connectivity index (χ2n) is 7.57. The molecule has 35 heavy (non-hydrogen) atoms. The van der Waals surface area contributed by atoms with Gasteiger partial charge in [-0.3, -0.25) is 4.57 Å². The fourth-order valence-electron chi connectivity index (χ4n) is 3.52. The van der Waals surface area contributed by atoms with Crippen LogP contribution in [0.3, 0.4) is 0 Å². The molecule has 1 aromatic carbocycles. The van der Waals surface area contributed by atoms with E-state index in [1.54, 1.807) is 17.8 Å². The third-order valence-electron chi connectivity index (χ3n) is 5.11. The van der Waals surface area contributed by atoms with E-state index in [-0.39, 0.29) is 17.3 Å². The molecule has 0 fully saturated rings. The summed E-state index contributed by atoms with van der Waals surface area (Å²) in [6.45, 7) is 0.485. The zero-order valence-corrected chi connectivity index (χ0v) is 18.5. The molecule has 0 radical (unpaired) electrons. The first-order valence-corrected chi connectivity index (χ1v) is 10.4. The number of halogens is 2. The molecule has 4 heterocycles. The summed E-state index contributed by atoms with van der Waals surface area (Å²) in [5, 5.41) is 24.7. The molecule has 0 atom stereocenters. The van der Waals surface area contributed by atoms with E-state index >= 15 is 0 Å². The number of aryl methyl sites for hydroxylation is 2. The first-order valence-electron chi connectivity index (χ1n) is 10.4. The van der Waals surface area contributed by atoms with Gasteiger partial charge in [-0.2, -0.15) is 24.2 Å². The van der Waals surface area contributed by atoms with Crippen molar-refractivity contribution in [1.82, 2.24) is 34.5 Å². The third kappa shape index (κ3) is 4.34. The van der Waals surface area contributed by atoms with E-state index in [0.29, 0.717) is 28.4 Å². The molecule has 1 N–H and O–H groups in total. The smallest absolute Gasteiger partial charge is 0.387 e. The van der Waals surface area contributed by atoms with Crippen LogP contribution in [-0.4, -0.2) is 41.1 Å². The Morgan fingerprint density at radius 2 is 1.91 bits per heavy atom. The predicted molar refractivity (Wildman–Crippen MR) is 122 cm³/mol. The van der Waals surface area contributed by atoms with E-state index in [1.165, 1.54) is 22.9 Å². The van der Waals surface area contributed by atoms with Crippen LogP contribution in [0.4, 0.5) is 20.3 Å². The van der Waals surface area contributed by atoms with Crippen molar-refractivity contribution in [2.45, 2.75) is 20.5 Å². The molecule has 0 saturated carbocycles. The van der Waals surface area contributed by atoms with Gasteiger partial charge in [0.05, 0.1) is 16.7 Å². The number of hydrogen-bond donors (Lipinski definition) is 1. The van der Waals surface area contributed by atoms with Gasteiger partial charge in [-0.05, 0) is 62.4 Å². The highest BCUT2D eigenvalue weighted by atomic mass is 19.3. The number of alkyl halides is 2. The van der Waals surface area contributed by atoms with Gasteiger partial charge in [0.25, 0.3) is 0 Å². The maximum atomic E-state index is 13.1. The summed E-state index contributed by atoms with van der Waals surface area (Å²) in [5.74, 6) is 0.819. The van der Waals surface area contributed by atoms with Gasteiger partial charge in [0.2, 0.25) is 0 Å². The highest BCUT2D eigenvalue weighted by molar-refractivity contribution is 5.82. The molecule has 0 amide bonds. The summed E-state index contributed by atoms with van der Waals surface area (Å²) < 4.78 is 33.8. The zero-order valence-electron chi connectivity index (χ0n) is 18.5. The number of nitrogens with zero attached hydrogens (tertiary/aromatic N) is 8. The fourth-order valence-corrected chi connectivity index (χ4v) is 3.52. The predicted octanol–water partition coefficient (Wildman–Crippen LogP) is 4.23. The van der Waals surface area contributed by atoms with Crippen LogP contribution >= 0.6 is 0 Å². The lowest BCUT2D eigenvalue weighted by molar-refractivity contribution is -0.0501. The number of nitriles is 1. The standard InChI is InChI=1S/C23H17F2N9O/c1-13-3-7-20(31-30-13)28-15-4-5-17-18(10-15)33(12-27-17)21-8-6-19(35-23(24)25)22(29-21)34-14(2)9-16(11-26)32-34/h3-10,12,23H,1-2H3,(H,28,31). The Morgan fingerprint density at radius 3 is 2.63 bits per heavy atom. The first kappa shape index (κ1) is 21.9. The molecule has 0 aliphatic carbocycles. The summed E-state index contributed by atoms with van der Waals surface area (Å²) in [6, 6.07) is 15.6. The topological polar surface area (TPSA) is 119 Å². The van der Waals surface area contributed by atoms with E-state index in [9.17, 15) is 14.0 Å². The van der Waals surface area contributed by atoms with Gasteiger partial charge in [-0.25, -0.2) is 14.6 Å². The van der Waals surface area contributed by atoms with Gasteiger partial charge in [-0.1, -0.05) is 0 Å². The minimum absolute atomic E-state index is 0.0212. The summed E-state index contributed by atoms with van der Waals surface area (Å²) in [6.07, 6.45) is 1.58. The number of pyridine rings is 1. The Morgan fingerprint density at radius 1 is 1.06 bits per heavy atom. The van der Waals surface area contributed by atoms with E-state index in [2.05, 4.69) is 35.3 Å². The van der Waals surface area contributed by atoms with E-state index < -0.39 is 6.61 Å². The normalized spacial score (nSPS) is 11.1. The van der Waals surface area contributed by atoms with Gasteiger partial charge in [-0.15, -0.1) is 5.10 Å². The molecule has 0 spiro atoms. The van der Waals surface area contributed by atoms with Crippen LogP contribution in [0.25, 0.3) is 22.7 Å². The Hall–Kier alpha value is -4.92. The lowest BCUT2D eigenvalue weighted by Crippen LogP contribution is -2.11. The molecule has 0 saturated heterocycles. The molecule has 0 aliphatic heterocycles. The van der Waals surface area contributed by atoms with Gasteiger partial charge >= 0.3 is 6.61 Å². The molecule has 5 aromatic rings. The summed E-state index contributed by atoms with van der Waals surface area (Å²) in [7, 11) is 0. The van der Waals surface area contributed by atoms with Crippen molar-refractivity contribution < 1.29 is 13.5 Å². The maximum absolute atomic E-state index is 13.1. The number of nitrogens with one attached hydrogen (secondary N) is 1. The number of rotatable bonds is 6. The van der Waals surface area contributed by atoms with Crippen LogP contribution in [0.1, 0.15) is 17.1 Å². The lowest BCUT2D eigenvalue weighted by atomic mass is 10.2.